The number of amidine groups is 1. The third-order valence-electron chi connectivity index (χ3n) is 4.63. The van der Waals surface area contributed by atoms with Crippen molar-refractivity contribution in [3.63, 3.8) is 0 Å². The summed E-state index contributed by atoms with van der Waals surface area (Å²) in [5, 5.41) is 1.63. The quantitative estimate of drug-likeness (QED) is 0.837. The Kier molecular flexibility index (Phi) is 4.29. The highest BCUT2D eigenvalue weighted by Crippen LogP contribution is 2.50. The number of fused-ring (bicyclic) bond motifs is 1. The molecule has 0 unspecified atom stereocenters. The van der Waals surface area contributed by atoms with Crippen LogP contribution < -0.4 is 9.47 Å². The molecule has 3 heterocycles. The van der Waals surface area contributed by atoms with Crippen LogP contribution >= 0.6 is 11.8 Å². The fourth-order valence-electron chi connectivity index (χ4n) is 3.60. The Balaban J connectivity index is 1.83. The Hall–Kier alpha value is -2.21. The van der Waals surface area contributed by atoms with E-state index < -0.39 is 0 Å². The summed E-state index contributed by atoms with van der Waals surface area (Å²) in [6.45, 7) is 3.21. The van der Waals surface area contributed by atoms with E-state index in [1.165, 1.54) is 0 Å². The Morgan fingerprint density at radius 3 is 2.72 bits per heavy atom. The van der Waals surface area contributed by atoms with Crippen molar-refractivity contribution in [2.24, 2.45) is 4.99 Å². The van der Waals surface area contributed by atoms with Gasteiger partial charge in [0.25, 0.3) is 0 Å². The third kappa shape index (κ3) is 2.74. The van der Waals surface area contributed by atoms with E-state index in [0.717, 1.165) is 34.5 Å². The van der Waals surface area contributed by atoms with Crippen LogP contribution in [0.5, 0.6) is 11.5 Å². The molecule has 1 fully saturated rings. The zero-order valence-corrected chi connectivity index (χ0v) is 15.4. The summed E-state index contributed by atoms with van der Waals surface area (Å²) in [5.41, 5.74) is 2.07. The highest BCUT2D eigenvalue weighted by atomic mass is 32.2. The van der Waals surface area contributed by atoms with E-state index in [4.69, 9.17) is 14.5 Å². The number of hydrogen-bond donors (Lipinski definition) is 0. The number of benzene rings is 1. The van der Waals surface area contributed by atoms with Gasteiger partial charge in [-0.1, -0.05) is 36.9 Å². The van der Waals surface area contributed by atoms with Gasteiger partial charge in [-0.2, -0.15) is 0 Å². The van der Waals surface area contributed by atoms with Crippen molar-refractivity contribution in [3.8, 4) is 11.5 Å². The lowest BCUT2D eigenvalue weighted by molar-refractivity contribution is 0.299. The van der Waals surface area contributed by atoms with Crippen LogP contribution in [0.1, 0.15) is 30.3 Å². The van der Waals surface area contributed by atoms with Gasteiger partial charge >= 0.3 is 0 Å². The maximum absolute atomic E-state index is 5.71. The first kappa shape index (κ1) is 16.3. The molecule has 0 spiro atoms. The molecule has 1 aromatic heterocycles. The summed E-state index contributed by atoms with van der Waals surface area (Å²) in [7, 11) is 3.36. The lowest BCUT2D eigenvalue weighted by Gasteiger charge is -2.29. The lowest BCUT2D eigenvalue weighted by atomic mass is 9.95. The van der Waals surface area contributed by atoms with Crippen molar-refractivity contribution in [2.45, 2.75) is 24.3 Å². The van der Waals surface area contributed by atoms with E-state index in [1.54, 1.807) is 14.2 Å². The Bertz CT molecular complexity index is 797. The van der Waals surface area contributed by atoms with Gasteiger partial charge in [-0.05, 0) is 18.2 Å². The first-order chi connectivity index (χ1) is 12.2. The molecule has 2 aliphatic heterocycles. The largest absolute Gasteiger partial charge is 0.493 e. The molecule has 0 radical (unpaired) electrons. The van der Waals surface area contributed by atoms with Crippen LogP contribution in [0.2, 0.25) is 0 Å². The Morgan fingerprint density at radius 2 is 2.00 bits per heavy atom. The molecule has 25 heavy (non-hydrogen) atoms. The summed E-state index contributed by atoms with van der Waals surface area (Å²) >= 11 is 1.83. The van der Waals surface area contributed by atoms with Crippen LogP contribution in [-0.4, -0.2) is 41.1 Å². The van der Waals surface area contributed by atoms with Crippen LogP contribution in [0.3, 0.4) is 0 Å². The number of hydrogen-bond acceptors (Lipinski definition) is 6. The minimum Gasteiger partial charge on any atom is -0.493 e. The van der Waals surface area contributed by atoms with Crippen molar-refractivity contribution < 1.29 is 9.47 Å². The van der Waals surface area contributed by atoms with Crippen molar-refractivity contribution in [3.05, 3.63) is 53.9 Å². The van der Waals surface area contributed by atoms with Gasteiger partial charge in [0, 0.05) is 23.6 Å². The standard InChI is InChI=1S/C19H21N3O2S/c1-12-11-22-17(13-7-6-9-15(23-2)18(13)24-3)16(21-19(22)25-12)14-8-4-5-10-20-14/h4-10,12,16-17H,11H2,1-3H3/t12-,16-,17-/m1/s1. The molecule has 0 saturated carbocycles. The van der Waals surface area contributed by atoms with Gasteiger partial charge < -0.3 is 14.4 Å². The fourth-order valence-corrected chi connectivity index (χ4v) is 4.69. The molecule has 3 atom stereocenters. The molecule has 2 aromatic rings. The highest BCUT2D eigenvalue weighted by molar-refractivity contribution is 8.14. The monoisotopic (exact) mass is 355 g/mol. The Morgan fingerprint density at radius 1 is 1.12 bits per heavy atom. The number of pyridine rings is 1. The predicted molar refractivity (Wildman–Crippen MR) is 100 cm³/mol. The summed E-state index contributed by atoms with van der Waals surface area (Å²) in [5.74, 6) is 1.52. The summed E-state index contributed by atoms with van der Waals surface area (Å²) in [6.07, 6.45) is 1.83. The maximum atomic E-state index is 5.71. The first-order valence-electron chi connectivity index (χ1n) is 8.36. The normalized spacial score (nSPS) is 24.8. The van der Waals surface area contributed by atoms with Crippen LogP contribution in [0.4, 0.5) is 0 Å². The van der Waals surface area contributed by atoms with Gasteiger partial charge in [0.15, 0.2) is 16.7 Å². The average Bonchev–Trinajstić information content (AvgIpc) is 3.17. The summed E-state index contributed by atoms with van der Waals surface area (Å²) < 4.78 is 11.2. The number of nitrogens with zero attached hydrogens (tertiary/aromatic N) is 3. The van der Waals surface area contributed by atoms with E-state index >= 15 is 0 Å². The van der Waals surface area contributed by atoms with Gasteiger partial charge in [-0.25, -0.2) is 0 Å². The molecule has 1 saturated heterocycles. The molecule has 0 amide bonds. The molecular weight excluding hydrogens is 334 g/mol. The SMILES string of the molecule is COc1cccc([C@@H]2[C@@H](c3ccccn3)N=C3S[C@H](C)CN32)c1OC. The zero-order valence-electron chi connectivity index (χ0n) is 14.5. The Labute approximate surface area is 152 Å². The molecule has 0 aliphatic carbocycles. The van der Waals surface area contributed by atoms with Crippen LogP contribution in [-0.2, 0) is 0 Å². The van der Waals surface area contributed by atoms with Crippen molar-refractivity contribution in [2.75, 3.05) is 20.8 Å². The third-order valence-corrected chi connectivity index (χ3v) is 5.74. The minimum atomic E-state index is -0.0443. The maximum Gasteiger partial charge on any atom is 0.166 e. The predicted octanol–water partition coefficient (Wildman–Crippen LogP) is 3.69. The van der Waals surface area contributed by atoms with Crippen molar-refractivity contribution in [1.29, 1.82) is 0 Å². The number of aromatic nitrogens is 1. The summed E-state index contributed by atoms with van der Waals surface area (Å²) in [4.78, 5) is 12.0. The zero-order chi connectivity index (χ0) is 17.4. The second-order valence-corrected chi connectivity index (χ2v) is 7.63. The molecule has 5 nitrogen and oxygen atoms in total. The van der Waals surface area contributed by atoms with E-state index in [9.17, 15) is 0 Å². The molecule has 6 heteroatoms. The number of para-hydroxylation sites is 1. The second-order valence-electron chi connectivity index (χ2n) is 6.22. The molecule has 0 N–H and O–H groups in total. The minimum absolute atomic E-state index is 0.0443. The van der Waals surface area contributed by atoms with Gasteiger partial charge in [0.05, 0.1) is 26.0 Å². The number of rotatable bonds is 4. The molecule has 2 aliphatic rings. The van der Waals surface area contributed by atoms with Gasteiger partial charge in [0.1, 0.15) is 6.04 Å². The summed E-state index contributed by atoms with van der Waals surface area (Å²) in [6, 6.07) is 12.1. The van der Waals surface area contributed by atoms with Gasteiger partial charge in [-0.3, -0.25) is 9.98 Å². The number of aliphatic imine (C=N–C) groups is 1. The lowest BCUT2D eigenvalue weighted by Crippen LogP contribution is -2.29. The van der Waals surface area contributed by atoms with Crippen LogP contribution in [0.15, 0.2) is 47.6 Å². The number of methoxy groups -OCH3 is 2. The van der Waals surface area contributed by atoms with Gasteiger partial charge in [0.2, 0.25) is 0 Å². The van der Waals surface area contributed by atoms with E-state index in [2.05, 4.69) is 22.9 Å². The van der Waals surface area contributed by atoms with E-state index in [0.29, 0.717) is 5.25 Å². The smallest absolute Gasteiger partial charge is 0.166 e. The van der Waals surface area contributed by atoms with Gasteiger partial charge in [-0.15, -0.1) is 0 Å². The highest BCUT2D eigenvalue weighted by Gasteiger charge is 2.44. The second kappa shape index (κ2) is 6.59. The molecular formula is C19H21N3O2S. The van der Waals surface area contributed by atoms with Crippen LogP contribution in [0, 0.1) is 0 Å². The van der Waals surface area contributed by atoms with Crippen molar-refractivity contribution in [1.82, 2.24) is 9.88 Å². The van der Waals surface area contributed by atoms with E-state index in [1.807, 2.05) is 48.3 Å². The van der Waals surface area contributed by atoms with Crippen LogP contribution in [0.25, 0.3) is 0 Å². The average molecular weight is 355 g/mol. The molecule has 0 bridgehead atoms. The number of thioether (sulfide) groups is 1. The fraction of sp³-hybridized carbons (Fsp3) is 0.368. The van der Waals surface area contributed by atoms with E-state index in [-0.39, 0.29) is 12.1 Å². The topological polar surface area (TPSA) is 47.0 Å². The molecule has 1 aromatic carbocycles. The number of ether oxygens (including phenoxy) is 2. The molecule has 130 valence electrons. The van der Waals surface area contributed by atoms with Crippen molar-refractivity contribution >= 4 is 16.9 Å². The first-order valence-corrected chi connectivity index (χ1v) is 9.23. The molecule has 4 rings (SSSR count).